The number of methoxy groups -OCH3 is 1. The molecule has 0 aromatic carbocycles. The van der Waals surface area contributed by atoms with Gasteiger partial charge in [-0.2, -0.15) is 0 Å². The average Bonchev–Trinajstić information content (AvgIpc) is 3.28. The van der Waals surface area contributed by atoms with Gasteiger partial charge in [0.2, 0.25) is 5.13 Å². The topological polar surface area (TPSA) is 116 Å². The number of aromatic amines is 1. The number of hydrogen-bond donors (Lipinski definition) is 3. The average molecular weight is 429 g/mol. The number of piperidine rings is 1. The Morgan fingerprint density at radius 2 is 2.25 bits per heavy atom. The lowest BCUT2D eigenvalue weighted by molar-refractivity contribution is 0.0538. The Bertz CT molecular complexity index is 833. The molecular weight excluding hydrogens is 404 g/mol. The summed E-state index contributed by atoms with van der Waals surface area (Å²) in [5, 5.41) is 23.0. The summed E-state index contributed by atoms with van der Waals surface area (Å²) in [4.78, 5) is 21.6. The van der Waals surface area contributed by atoms with Crippen molar-refractivity contribution in [1.29, 1.82) is 0 Å². The molecule has 0 aliphatic carbocycles. The molecule has 2 atom stereocenters. The zero-order chi connectivity index (χ0) is 20.5. The fourth-order valence-corrected chi connectivity index (χ4v) is 4.20. The second kappa shape index (κ2) is 8.32. The van der Waals surface area contributed by atoms with Crippen LogP contribution in [-0.2, 0) is 16.8 Å². The molecule has 9 nitrogen and oxygen atoms in total. The van der Waals surface area contributed by atoms with Crippen molar-refractivity contribution in [3.63, 3.8) is 0 Å². The molecule has 3 heterocycles. The smallest absolute Gasteiger partial charge is 0.287 e. The molecule has 1 aliphatic rings. The summed E-state index contributed by atoms with van der Waals surface area (Å²) >= 11 is 7.38. The number of carbonyl (C=O) groups is 1. The third-order valence-corrected chi connectivity index (χ3v) is 6.29. The minimum Gasteiger partial charge on any atom is -0.383 e. The molecular formula is C17H25ClN6O3S. The van der Waals surface area contributed by atoms with Gasteiger partial charge in [-0.25, -0.2) is 4.98 Å². The highest BCUT2D eigenvalue weighted by Gasteiger charge is 2.33. The number of carbonyl (C=O) groups excluding carboxylic acids is 1. The maximum atomic E-state index is 12.5. The SMILES string of the molecule is CCc1[nH]c(C(=O)NC2CCN(c3nnc(C(C)(C)O)s3)CC2OC)nc1Cl. The highest BCUT2D eigenvalue weighted by atomic mass is 35.5. The number of nitrogens with zero attached hydrogens (tertiary/aromatic N) is 4. The van der Waals surface area contributed by atoms with Gasteiger partial charge in [0.25, 0.3) is 5.91 Å². The van der Waals surface area contributed by atoms with Crippen molar-refractivity contribution in [2.45, 2.75) is 51.4 Å². The van der Waals surface area contributed by atoms with Gasteiger partial charge in [-0.15, -0.1) is 10.2 Å². The van der Waals surface area contributed by atoms with Crippen LogP contribution >= 0.6 is 22.9 Å². The van der Waals surface area contributed by atoms with Crippen LogP contribution in [0.1, 0.15) is 48.5 Å². The van der Waals surface area contributed by atoms with E-state index >= 15 is 0 Å². The number of aliphatic hydroxyl groups is 1. The lowest BCUT2D eigenvalue weighted by Crippen LogP contribution is -2.55. The van der Waals surface area contributed by atoms with Crippen molar-refractivity contribution >= 4 is 34.0 Å². The van der Waals surface area contributed by atoms with E-state index in [9.17, 15) is 9.90 Å². The van der Waals surface area contributed by atoms with E-state index < -0.39 is 5.60 Å². The first-order valence-corrected chi connectivity index (χ1v) is 10.3. The molecule has 28 heavy (non-hydrogen) atoms. The summed E-state index contributed by atoms with van der Waals surface area (Å²) in [6.07, 6.45) is 1.13. The number of aromatic nitrogens is 4. The number of halogens is 1. The Morgan fingerprint density at radius 1 is 1.50 bits per heavy atom. The van der Waals surface area contributed by atoms with Gasteiger partial charge in [-0.1, -0.05) is 29.9 Å². The van der Waals surface area contributed by atoms with Gasteiger partial charge in [-0.3, -0.25) is 4.79 Å². The highest BCUT2D eigenvalue weighted by molar-refractivity contribution is 7.15. The molecule has 154 valence electrons. The molecule has 1 amide bonds. The van der Waals surface area contributed by atoms with Gasteiger partial charge < -0.3 is 25.0 Å². The Balaban J connectivity index is 1.65. The summed E-state index contributed by atoms with van der Waals surface area (Å²) in [7, 11) is 1.62. The largest absolute Gasteiger partial charge is 0.383 e. The predicted molar refractivity (Wildman–Crippen MR) is 107 cm³/mol. The van der Waals surface area contributed by atoms with E-state index in [4.69, 9.17) is 16.3 Å². The van der Waals surface area contributed by atoms with Crippen molar-refractivity contribution in [1.82, 2.24) is 25.5 Å². The summed E-state index contributed by atoms with van der Waals surface area (Å²) in [5.41, 5.74) is -0.284. The fourth-order valence-electron chi connectivity index (χ4n) is 3.05. The van der Waals surface area contributed by atoms with E-state index in [2.05, 4.69) is 30.4 Å². The minimum atomic E-state index is -1.02. The number of H-pyrrole nitrogens is 1. The molecule has 3 rings (SSSR count). The van der Waals surface area contributed by atoms with E-state index in [0.29, 0.717) is 36.1 Å². The molecule has 0 spiro atoms. The second-order valence-electron chi connectivity index (χ2n) is 7.25. The molecule has 1 saturated heterocycles. The molecule has 0 bridgehead atoms. The van der Waals surface area contributed by atoms with Crippen LogP contribution < -0.4 is 10.2 Å². The van der Waals surface area contributed by atoms with E-state index in [1.54, 1.807) is 21.0 Å². The van der Waals surface area contributed by atoms with Crippen LogP contribution in [0.15, 0.2) is 0 Å². The number of imidazole rings is 1. The summed E-state index contributed by atoms with van der Waals surface area (Å²) < 4.78 is 5.61. The first-order valence-electron chi connectivity index (χ1n) is 9.12. The molecule has 0 radical (unpaired) electrons. The van der Waals surface area contributed by atoms with Gasteiger partial charge >= 0.3 is 0 Å². The Hall–Kier alpha value is -1.75. The number of amides is 1. The van der Waals surface area contributed by atoms with E-state index in [1.807, 2.05) is 6.92 Å². The fraction of sp³-hybridized carbons (Fsp3) is 0.647. The van der Waals surface area contributed by atoms with Crippen molar-refractivity contribution in [3.8, 4) is 0 Å². The van der Waals surface area contributed by atoms with Crippen molar-refractivity contribution in [2.24, 2.45) is 0 Å². The molecule has 2 unspecified atom stereocenters. The van der Waals surface area contributed by atoms with E-state index in [-0.39, 0.29) is 23.9 Å². The molecule has 1 aliphatic heterocycles. The Morgan fingerprint density at radius 3 is 2.82 bits per heavy atom. The van der Waals surface area contributed by atoms with E-state index in [0.717, 1.165) is 10.8 Å². The number of anilines is 1. The van der Waals surface area contributed by atoms with Crippen LogP contribution in [0.4, 0.5) is 5.13 Å². The van der Waals surface area contributed by atoms with Crippen LogP contribution in [-0.4, -0.2) is 63.5 Å². The molecule has 11 heteroatoms. The van der Waals surface area contributed by atoms with Crippen LogP contribution in [0.5, 0.6) is 0 Å². The van der Waals surface area contributed by atoms with Crippen LogP contribution in [0, 0.1) is 0 Å². The number of rotatable bonds is 6. The number of hydrogen-bond acceptors (Lipinski definition) is 8. The summed E-state index contributed by atoms with van der Waals surface area (Å²) in [6.45, 7) is 6.55. The minimum absolute atomic E-state index is 0.163. The molecule has 2 aromatic rings. The zero-order valence-electron chi connectivity index (χ0n) is 16.3. The van der Waals surface area contributed by atoms with Gasteiger partial charge in [-0.05, 0) is 26.7 Å². The lowest BCUT2D eigenvalue weighted by Gasteiger charge is -2.37. The standard InChI is InChI=1S/C17H25ClN6O3S/c1-5-9-12(18)21-13(19-9)14(25)20-10-6-7-24(8-11(10)27-4)16-23-22-15(28-16)17(2,3)26/h10-11,26H,5-8H2,1-4H3,(H,19,21)(H,20,25). The van der Waals surface area contributed by atoms with Crippen molar-refractivity contribution < 1.29 is 14.6 Å². The van der Waals surface area contributed by atoms with Gasteiger partial charge in [0, 0.05) is 20.2 Å². The Labute approximate surface area is 172 Å². The maximum Gasteiger partial charge on any atom is 0.287 e. The lowest BCUT2D eigenvalue weighted by atomic mass is 10.0. The number of nitrogens with one attached hydrogen (secondary N) is 2. The number of aryl methyl sites for hydroxylation is 1. The van der Waals surface area contributed by atoms with Gasteiger partial charge in [0.05, 0.1) is 17.8 Å². The quantitative estimate of drug-likeness (QED) is 0.641. The maximum absolute atomic E-state index is 12.5. The predicted octanol–water partition coefficient (Wildman–Crippen LogP) is 1.73. The van der Waals surface area contributed by atoms with E-state index in [1.165, 1.54) is 11.3 Å². The van der Waals surface area contributed by atoms with Gasteiger partial charge in [0.1, 0.15) is 10.6 Å². The molecule has 1 fully saturated rings. The first kappa shape index (κ1) is 21.0. The normalized spacial score (nSPS) is 20.4. The molecule has 0 saturated carbocycles. The summed E-state index contributed by atoms with van der Waals surface area (Å²) in [6, 6.07) is -0.163. The van der Waals surface area contributed by atoms with Crippen LogP contribution in [0.2, 0.25) is 5.15 Å². The Kier molecular flexibility index (Phi) is 6.23. The van der Waals surface area contributed by atoms with Crippen LogP contribution in [0.3, 0.4) is 0 Å². The van der Waals surface area contributed by atoms with Crippen molar-refractivity contribution in [3.05, 3.63) is 21.7 Å². The van der Waals surface area contributed by atoms with Crippen LogP contribution in [0.25, 0.3) is 0 Å². The third-order valence-electron chi connectivity index (χ3n) is 4.68. The third kappa shape index (κ3) is 4.45. The first-order chi connectivity index (χ1) is 13.2. The van der Waals surface area contributed by atoms with Crippen molar-refractivity contribution in [2.75, 3.05) is 25.1 Å². The molecule has 2 aromatic heterocycles. The second-order valence-corrected chi connectivity index (χ2v) is 8.56. The number of ether oxygens (including phenoxy) is 1. The highest BCUT2D eigenvalue weighted by Crippen LogP contribution is 2.30. The monoisotopic (exact) mass is 428 g/mol. The molecule has 3 N–H and O–H groups in total. The van der Waals surface area contributed by atoms with Gasteiger partial charge in [0.15, 0.2) is 11.0 Å². The summed E-state index contributed by atoms with van der Waals surface area (Å²) in [5.74, 6) is -0.0968. The zero-order valence-corrected chi connectivity index (χ0v) is 17.9.